The van der Waals surface area contributed by atoms with Crippen LogP contribution in [0.25, 0.3) is 0 Å². The van der Waals surface area contributed by atoms with Crippen molar-refractivity contribution in [1.82, 2.24) is 19.9 Å². The standard InChI is InChI=1S/C30H38N6O2/c1-37-28-19-23(8-9-27(28)38-15-5-14-36-12-3-2-4-13-36)34-30-31-11-10-29(35-30)33-24-18-25-22-7-6-21(16-22)17-26(25)32-20-24/h8-11,18-22H,2-7,12-17H2,1H3,(H2,31,33,34,35). The van der Waals surface area contributed by atoms with E-state index >= 15 is 0 Å². The number of hydrogen-bond donors (Lipinski definition) is 2. The molecule has 6 rings (SSSR count). The second-order valence-electron chi connectivity index (χ2n) is 10.8. The third-order valence-corrected chi connectivity index (χ3v) is 8.14. The summed E-state index contributed by atoms with van der Waals surface area (Å²) >= 11 is 0. The molecule has 3 heterocycles. The molecule has 8 heteroatoms. The Hall–Kier alpha value is -3.39. The summed E-state index contributed by atoms with van der Waals surface area (Å²) in [7, 11) is 1.67. The Bertz CT molecular complexity index is 1250. The Morgan fingerprint density at radius 1 is 0.974 bits per heavy atom. The van der Waals surface area contributed by atoms with Crippen LogP contribution in [0.5, 0.6) is 11.5 Å². The first-order valence-electron chi connectivity index (χ1n) is 14.1. The average Bonchev–Trinajstić information content (AvgIpc) is 3.34. The van der Waals surface area contributed by atoms with Gasteiger partial charge in [0.25, 0.3) is 0 Å². The molecule has 2 atom stereocenters. The summed E-state index contributed by atoms with van der Waals surface area (Å²) in [6, 6.07) is 9.97. The zero-order valence-corrected chi connectivity index (χ0v) is 22.3. The van der Waals surface area contributed by atoms with Crippen molar-refractivity contribution >= 4 is 23.1 Å². The third-order valence-electron chi connectivity index (χ3n) is 8.14. The van der Waals surface area contributed by atoms with E-state index in [2.05, 4.69) is 31.6 Å². The van der Waals surface area contributed by atoms with Gasteiger partial charge < -0.3 is 25.0 Å². The Kier molecular flexibility index (Phi) is 7.58. The molecular formula is C30H38N6O2. The van der Waals surface area contributed by atoms with Crippen LogP contribution in [0.1, 0.15) is 62.1 Å². The Morgan fingerprint density at radius 3 is 2.79 bits per heavy atom. The van der Waals surface area contributed by atoms with Crippen LogP contribution in [-0.2, 0) is 6.42 Å². The molecule has 0 spiro atoms. The van der Waals surface area contributed by atoms with Gasteiger partial charge in [0.15, 0.2) is 11.5 Å². The fourth-order valence-corrected chi connectivity index (χ4v) is 6.20. The van der Waals surface area contributed by atoms with Crippen LogP contribution >= 0.6 is 0 Å². The lowest BCUT2D eigenvalue weighted by molar-refractivity contribution is 0.203. The summed E-state index contributed by atoms with van der Waals surface area (Å²) in [5.74, 6) is 4.18. The lowest BCUT2D eigenvalue weighted by Gasteiger charge is -2.26. The summed E-state index contributed by atoms with van der Waals surface area (Å²) in [4.78, 5) is 16.4. The predicted octanol–water partition coefficient (Wildman–Crippen LogP) is 6.06. The van der Waals surface area contributed by atoms with Gasteiger partial charge in [-0.2, -0.15) is 4.98 Å². The fourth-order valence-electron chi connectivity index (χ4n) is 6.20. The second kappa shape index (κ2) is 11.6. The third kappa shape index (κ3) is 5.85. The minimum atomic E-state index is 0.511. The number of rotatable bonds is 10. The number of fused-ring (bicyclic) bond motifs is 4. The molecule has 1 saturated carbocycles. The van der Waals surface area contributed by atoms with Crippen LogP contribution in [0.2, 0.25) is 0 Å². The van der Waals surface area contributed by atoms with Crippen LogP contribution in [0.4, 0.5) is 23.1 Å². The van der Waals surface area contributed by atoms with Gasteiger partial charge in [0.2, 0.25) is 5.95 Å². The van der Waals surface area contributed by atoms with Crippen LogP contribution in [-0.4, -0.2) is 53.2 Å². The molecular weight excluding hydrogens is 476 g/mol. The van der Waals surface area contributed by atoms with Crippen molar-refractivity contribution in [3.05, 3.63) is 54.0 Å². The summed E-state index contributed by atoms with van der Waals surface area (Å²) in [5.41, 5.74) is 4.51. The Balaban J connectivity index is 1.06. The van der Waals surface area contributed by atoms with Gasteiger partial charge in [-0.3, -0.25) is 4.98 Å². The number of benzene rings is 1. The molecule has 0 amide bonds. The predicted molar refractivity (Wildman–Crippen MR) is 150 cm³/mol. The molecule has 2 aliphatic carbocycles. The van der Waals surface area contributed by atoms with Crippen molar-refractivity contribution < 1.29 is 9.47 Å². The Labute approximate surface area is 225 Å². The fraction of sp³-hybridized carbons (Fsp3) is 0.500. The van der Waals surface area contributed by atoms with Crippen LogP contribution < -0.4 is 20.1 Å². The van der Waals surface area contributed by atoms with Crippen LogP contribution in [0.3, 0.4) is 0 Å². The maximum atomic E-state index is 6.04. The molecule has 2 unspecified atom stereocenters. The summed E-state index contributed by atoms with van der Waals surface area (Å²) < 4.78 is 11.6. The minimum absolute atomic E-state index is 0.511. The molecule has 2 aromatic heterocycles. The van der Waals surface area contributed by atoms with Gasteiger partial charge in [-0.05, 0) is 99.7 Å². The topological polar surface area (TPSA) is 84.4 Å². The first kappa shape index (κ1) is 24.9. The number of nitrogens with zero attached hydrogens (tertiary/aromatic N) is 4. The van der Waals surface area contributed by atoms with E-state index in [-0.39, 0.29) is 0 Å². The van der Waals surface area contributed by atoms with Gasteiger partial charge >= 0.3 is 0 Å². The van der Waals surface area contributed by atoms with Crippen molar-refractivity contribution in [1.29, 1.82) is 0 Å². The van der Waals surface area contributed by atoms with Crippen molar-refractivity contribution in [3.63, 3.8) is 0 Å². The molecule has 3 aromatic rings. The van der Waals surface area contributed by atoms with E-state index in [0.29, 0.717) is 24.2 Å². The number of nitrogens with one attached hydrogen (secondary N) is 2. The molecule has 3 aliphatic rings. The number of anilines is 4. The van der Waals surface area contributed by atoms with Gasteiger partial charge in [-0.1, -0.05) is 6.42 Å². The van der Waals surface area contributed by atoms with E-state index in [9.17, 15) is 0 Å². The molecule has 1 aliphatic heterocycles. The minimum Gasteiger partial charge on any atom is -0.493 e. The van der Waals surface area contributed by atoms with Crippen molar-refractivity contribution in [2.75, 3.05) is 44.0 Å². The summed E-state index contributed by atoms with van der Waals surface area (Å²) in [6.45, 7) is 4.20. The summed E-state index contributed by atoms with van der Waals surface area (Å²) in [5, 5.41) is 6.71. The number of methoxy groups -OCH3 is 1. The van der Waals surface area contributed by atoms with Crippen molar-refractivity contribution in [3.8, 4) is 11.5 Å². The molecule has 2 bridgehead atoms. The van der Waals surface area contributed by atoms with Gasteiger partial charge in [0.1, 0.15) is 5.82 Å². The zero-order chi connectivity index (χ0) is 25.7. The first-order chi connectivity index (χ1) is 18.7. The van der Waals surface area contributed by atoms with Gasteiger partial charge in [0, 0.05) is 30.2 Å². The zero-order valence-electron chi connectivity index (χ0n) is 22.3. The number of aromatic nitrogens is 3. The van der Waals surface area contributed by atoms with E-state index in [1.165, 1.54) is 62.9 Å². The molecule has 200 valence electrons. The van der Waals surface area contributed by atoms with Crippen LogP contribution in [0.15, 0.2) is 42.7 Å². The maximum Gasteiger partial charge on any atom is 0.229 e. The lowest BCUT2D eigenvalue weighted by atomic mass is 9.86. The molecule has 2 N–H and O–H groups in total. The molecule has 1 saturated heterocycles. The monoisotopic (exact) mass is 514 g/mol. The molecule has 1 aromatic carbocycles. The maximum absolute atomic E-state index is 6.04. The second-order valence-corrected chi connectivity index (χ2v) is 10.8. The number of likely N-dealkylation sites (tertiary alicyclic amines) is 1. The van der Waals surface area contributed by atoms with E-state index in [1.807, 2.05) is 30.5 Å². The largest absolute Gasteiger partial charge is 0.493 e. The van der Waals surface area contributed by atoms with Gasteiger partial charge in [-0.25, -0.2) is 4.98 Å². The molecule has 38 heavy (non-hydrogen) atoms. The highest BCUT2D eigenvalue weighted by atomic mass is 16.5. The van der Waals surface area contributed by atoms with Gasteiger partial charge in [0.05, 0.1) is 25.6 Å². The highest BCUT2D eigenvalue weighted by Gasteiger charge is 2.33. The normalized spacial score (nSPS) is 20.6. The van der Waals surface area contributed by atoms with E-state index in [4.69, 9.17) is 14.5 Å². The lowest BCUT2D eigenvalue weighted by Crippen LogP contribution is -2.31. The number of pyridine rings is 1. The average molecular weight is 515 g/mol. The van der Waals surface area contributed by atoms with E-state index in [1.54, 1.807) is 13.3 Å². The number of piperidine rings is 1. The van der Waals surface area contributed by atoms with Crippen LogP contribution in [0, 0.1) is 5.92 Å². The first-order valence-corrected chi connectivity index (χ1v) is 14.1. The van der Waals surface area contributed by atoms with E-state index in [0.717, 1.165) is 48.2 Å². The van der Waals surface area contributed by atoms with E-state index < -0.39 is 0 Å². The Morgan fingerprint density at radius 2 is 1.89 bits per heavy atom. The van der Waals surface area contributed by atoms with Crippen molar-refractivity contribution in [2.45, 2.75) is 57.3 Å². The number of hydrogen-bond acceptors (Lipinski definition) is 8. The smallest absolute Gasteiger partial charge is 0.229 e. The number of ether oxygens (including phenoxy) is 2. The quantitative estimate of drug-likeness (QED) is 0.316. The molecule has 2 fully saturated rings. The highest BCUT2D eigenvalue weighted by molar-refractivity contribution is 5.62. The SMILES string of the molecule is COc1cc(Nc2nccc(Nc3cnc4c(c3)C3CCC(C4)C3)n2)ccc1OCCCN1CCCCC1. The van der Waals surface area contributed by atoms with Crippen molar-refractivity contribution in [2.24, 2.45) is 5.92 Å². The van der Waals surface area contributed by atoms with Gasteiger partial charge in [-0.15, -0.1) is 0 Å². The molecule has 8 nitrogen and oxygen atoms in total. The summed E-state index contributed by atoms with van der Waals surface area (Å²) in [6.07, 6.45) is 13.7. The molecule has 0 radical (unpaired) electrons. The highest BCUT2D eigenvalue weighted by Crippen LogP contribution is 2.46.